The third-order valence-corrected chi connectivity index (χ3v) is 4.11. The Balaban J connectivity index is 2.15. The molecule has 1 N–H and O–H groups in total. The van der Waals surface area contributed by atoms with Crippen molar-refractivity contribution >= 4 is 5.91 Å². The summed E-state index contributed by atoms with van der Waals surface area (Å²) >= 11 is 0. The fourth-order valence-electron chi connectivity index (χ4n) is 2.61. The number of nitrogens with one attached hydrogen (secondary N) is 1. The molecule has 1 aromatic carbocycles. The molecule has 2 rings (SSSR count). The fourth-order valence-corrected chi connectivity index (χ4v) is 2.61. The normalized spacial score (nSPS) is 25.0. The van der Waals surface area contributed by atoms with Gasteiger partial charge in [-0.05, 0) is 49.8 Å². The molecule has 0 radical (unpaired) electrons. The van der Waals surface area contributed by atoms with E-state index in [2.05, 4.69) is 18.3 Å². The molecule has 112 valence electrons. The molecule has 1 fully saturated rings. The first-order chi connectivity index (χ1) is 9.99. The van der Waals surface area contributed by atoms with Crippen molar-refractivity contribution in [2.24, 2.45) is 5.92 Å². The highest BCUT2D eigenvalue weighted by atomic mass is 19.1. The summed E-state index contributed by atoms with van der Waals surface area (Å²) in [5, 5.41) is 12.2. The monoisotopic (exact) mass is 290 g/mol. The van der Waals surface area contributed by atoms with Crippen LogP contribution in [0.25, 0.3) is 0 Å². The van der Waals surface area contributed by atoms with E-state index in [0.29, 0.717) is 24.3 Å². The van der Waals surface area contributed by atoms with Crippen LogP contribution in [-0.2, 0) is 0 Å². The minimum absolute atomic E-state index is 0.0194. The van der Waals surface area contributed by atoms with Gasteiger partial charge in [-0.2, -0.15) is 5.26 Å². The van der Waals surface area contributed by atoms with Gasteiger partial charge in [-0.25, -0.2) is 4.39 Å². The van der Waals surface area contributed by atoms with Crippen molar-refractivity contribution in [2.45, 2.75) is 38.1 Å². The number of nitrogens with zero attached hydrogens (tertiary/aromatic N) is 1. The Labute approximate surface area is 123 Å². The number of ether oxygens (including phenoxy) is 1. The van der Waals surface area contributed by atoms with Crippen LogP contribution in [0.5, 0.6) is 5.75 Å². The Morgan fingerprint density at radius 1 is 1.48 bits per heavy atom. The summed E-state index contributed by atoms with van der Waals surface area (Å²) in [6.45, 7) is 2.15. The van der Waals surface area contributed by atoms with E-state index in [0.717, 1.165) is 12.8 Å². The highest BCUT2D eigenvalue weighted by Gasteiger charge is 2.36. The molecule has 5 heteroatoms. The van der Waals surface area contributed by atoms with Crippen LogP contribution in [0.15, 0.2) is 18.2 Å². The van der Waals surface area contributed by atoms with E-state index in [1.54, 1.807) is 0 Å². The van der Waals surface area contributed by atoms with Crippen molar-refractivity contribution in [3.05, 3.63) is 29.6 Å². The summed E-state index contributed by atoms with van der Waals surface area (Å²) in [4.78, 5) is 12.3. The summed E-state index contributed by atoms with van der Waals surface area (Å²) in [6, 6.07) is 6.17. The molecular weight excluding hydrogens is 271 g/mol. The number of nitriles is 1. The summed E-state index contributed by atoms with van der Waals surface area (Å²) in [5.41, 5.74) is -0.521. The van der Waals surface area contributed by atoms with Gasteiger partial charge in [-0.1, -0.05) is 6.92 Å². The number of rotatable bonds is 3. The maximum atomic E-state index is 13.4. The van der Waals surface area contributed by atoms with E-state index in [1.165, 1.54) is 25.3 Å². The van der Waals surface area contributed by atoms with E-state index >= 15 is 0 Å². The zero-order chi connectivity index (χ0) is 15.5. The van der Waals surface area contributed by atoms with Gasteiger partial charge in [0.1, 0.15) is 5.54 Å². The van der Waals surface area contributed by atoms with E-state index < -0.39 is 11.4 Å². The molecule has 0 heterocycles. The molecule has 0 unspecified atom stereocenters. The topological polar surface area (TPSA) is 62.1 Å². The van der Waals surface area contributed by atoms with Crippen LogP contribution < -0.4 is 10.1 Å². The van der Waals surface area contributed by atoms with Crippen molar-refractivity contribution < 1.29 is 13.9 Å². The maximum absolute atomic E-state index is 13.4. The van der Waals surface area contributed by atoms with Crippen LogP contribution in [0.2, 0.25) is 0 Å². The molecule has 0 aromatic heterocycles. The van der Waals surface area contributed by atoms with Gasteiger partial charge in [0.15, 0.2) is 11.6 Å². The molecule has 0 bridgehead atoms. The van der Waals surface area contributed by atoms with Crippen molar-refractivity contribution in [3.8, 4) is 11.8 Å². The van der Waals surface area contributed by atoms with Crippen LogP contribution in [0.3, 0.4) is 0 Å². The molecule has 1 saturated carbocycles. The van der Waals surface area contributed by atoms with Crippen molar-refractivity contribution in [2.75, 3.05) is 7.11 Å². The number of carbonyl (C=O) groups excluding carboxylic acids is 1. The summed E-state index contributed by atoms with van der Waals surface area (Å²) in [7, 11) is 1.35. The number of amides is 1. The Bertz CT molecular complexity index is 572. The zero-order valence-electron chi connectivity index (χ0n) is 12.3. The smallest absolute Gasteiger partial charge is 0.252 e. The van der Waals surface area contributed by atoms with Gasteiger partial charge in [0, 0.05) is 5.56 Å². The molecule has 1 aromatic rings. The lowest BCUT2D eigenvalue weighted by molar-refractivity contribution is 0.0893. The SMILES string of the molecule is COc1cc(C(=O)NC2(C#N)CCC(C)CC2)ccc1F. The van der Waals surface area contributed by atoms with Gasteiger partial charge < -0.3 is 10.1 Å². The predicted octanol–water partition coefficient (Wildman–Crippen LogP) is 3.04. The highest BCUT2D eigenvalue weighted by molar-refractivity contribution is 5.95. The third-order valence-electron chi connectivity index (χ3n) is 4.11. The predicted molar refractivity (Wildman–Crippen MR) is 76.4 cm³/mol. The van der Waals surface area contributed by atoms with Crippen LogP contribution in [0.4, 0.5) is 4.39 Å². The number of hydrogen-bond donors (Lipinski definition) is 1. The number of methoxy groups -OCH3 is 1. The van der Waals surface area contributed by atoms with E-state index in [9.17, 15) is 14.4 Å². The Hall–Kier alpha value is -2.09. The molecular formula is C16H19FN2O2. The van der Waals surface area contributed by atoms with Crippen LogP contribution in [0, 0.1) is 23.1 Å². The second-order valence-corrected chi connectivity index (χ2v) is 5.68. The number of carbonyl (C=O) groups is 1. The average molecular weight is 290 g/mol. The standard InChI is InChI=1S/C16H19FN2O2/c1-11-5-7-16(10-18,8-6-11)19-15(20)12-3-4-13(17)14(9-12)21-2/h3-4,9,11H,5-8H2,1-2H3,(H,19,20). The number of hydrogen-bond acceptors (Lipinski definition) is 3. The van der Waals surface area contributed by atoms with Gasteiger partial charge in [0.2, 0.25) is 0 Å². The third kappa shape index (κ3) is 3.33. The quantitative estimate of drug-likeness (QED) is 0.930. The van der Waals surface area contributed by atoms with Crippen LogP contribution in [0.1, 0.15) is 43.0 Å². The Kier molecular flexibility index (Phi) is 4.46. The summed E-state index contributed by atoms with van der Waals surface area (Å²) in [5.74, 6) is -0.292. The van der Waals surface area contributed by atoms with Gasteiger partial charge in [-0.3, -0.25) is 4.79 Å². The first kappa shape index (κ1) is 15.3. The summed E-state index contributed by atoms with van der Waals surface area (Å²) in [6.07, 6.45) is 3.13. The minimum Gasteiger partial charge on any atom is -0.494 e. The van der Waals surface area contributed by atoms with Crippen molar-refractivity contribution in [1.82, 2.24) is 5.32 Å². The molecule has 0 atom stereocenters. The molecule has 4 nitrogen and oxygen atoms in total. The molecule has 0 spiro atoms. The molecule has 1 aliphatic carbocycles. The number of benzene rings is 1. The maximum Gasteiger partial charge on any atom is 0.252 e. The number of halogens is 1. The lowest BCUT2D eigenvalue weighted by Crippen LogP contribution is -2.49. The van der Waals surface area contributed by atoms with Gasteiger partial charge in [-0.15, -0.1) is 0 Å². The average Bonchev–Trinajstić information content (AvgIpc) is 2.50. The highest BCUT2D eigenvalue weighted by Crippen LogP contribution is 2.31. The Morgan fingerprint density at radius 2 is 2.14 bits per heavy atom. The second-order valence-electron chi connectivity index (χ2n) is 5.68. The van der Waals surface area contributed by atoms with Gasteiger partial charge in [0.05, 0.1) is 13.2 Å². The van der Waals surface area contributed by atoms with E-state index in [4.69, 9.17) is 4.74 Å². The van der Waals surface area contributed by atoms with Gasteiger partial charge >= 0.3 is 0 Å². The van der Waals surface area contributed by atoms with Crippen molar-refractivity contribution in [1.29, 1.82) is 5.26 Å². The molecule has 0 aliphatic heterocycles. The Morgan fingerprint density at radius 3 is 2.71 bits per heavy atom. The molecule has 0 saturated heterocycles. The lowest BCUT2D eigenvalue weighted by Gasteiger charge is -2.34. The molecule has 1 amide bonds. The molecule has 21 heavy (non-hydrogen) atoms. The van der Waals surface area contributed by atoms with Crippen LogP contribution in [-0.4, -0.2) is 18.6 Å². The first-order valence-electron chi connectivity index (χ1n) is 7.07. The van der Waals surface area contributed by atoms with Gasteiger partial charge in [0.25, 0.3) is 5.91 Å². The van der Waals surface area contributed by atoms with Crippen molar-refractivity contribution in [3.63, 3.8) is 0 Å². The van der Waals surface area contributed by atoms with E-state index in [-0.39, 0.29) is 11.7 Å². The first-order valence-corrected chi connectivity index (χ1v) is 7.07. The van der Waals surface area contributed by atoms with Crippen LogP contribution >= 0.6 is 0 Å². The molecule has 1 aliphatic rings. The summed E-state index contributed by atoms with van der Waals surface area (Å²) < 4.78 is 18.2. The van der Waals surface area contributed by atoms with E-state index in [1.807, 2.05) is 0 Å². The zero-order valence-corrected chi connectivity index (χ0v) is 12.3. The fraction of sp³-hybridized carbons (Fsp3) is 0.500. The second kappa shape index (κ2) is 6.13. The largest absolute Gasteiger partial charge is 0.494 e. The lowest BCUT2D eigenvalue weighted by atomic mass is 9.78. The minimum atomic E-state index is -0.814.